The van der Waals surface area contributed by atoms with E-state index in [-0.39, 0.29) is 17.1 Å². The van der Waals surface area contributed by atoms with Crippen LogP contribution in [0, 0.1) is 20.8 Å². The topological polar surface area (TPSA) is 74.3 Å². The number of nitrogens with zero attached hydrogens (tertiary/aromatic N) is 5. The zero-order valence-corrected chi connectivity index (χ0v) is 24.5. The Bertz CT molecular complexity index is 1840. The summed E-state index contributed by atoms with van der Waals surface area (Å²) in [6.07, 6.45) is -1.09. The highest BCUT2D eigenvalue weighted by atomic mass is 32.1. The largest absolute Gasteiger partial charge is 0.573 e. The van der Waals surface area contributed by atoms with Crippen LogP contribution in [0.3, 0.4) is 0 Å². The van der Waals surface area contributed by atoms with E-state index in [9.17, 15) is 18.0 Å². The van der Waals surface area contributed by atoms with Gasteiger partial charge in [-0.05, 0) is 74.6 Å². The van der Waals surface area contributed by atoms with Gasteiger partial charge in [0.05, 0.1) is 11.4 Å². The Morgan fingerprint density at radius 1 is 1.00 bits per heavy atom. The number of para-hydroxylation sites is 1. The second-order valence-corrected chi connectivity index (χ2v) is 11.7. The summed E-state index contributed by atoms with van der Waals surface area (Å²) < 4.78 is 44.8. The molecule has 0 spiro atoms. The van der Waals surface area contributed by atoms with Gasteiger partial charge in [-0.15, -0.1) is 29.6 Å². The van der Waals surface area contributed by atoms with Crippen LogP contribution in [0.4, 0.5) is 13.2 Å². The van der Waals surface area contributed by atoms with Crippen molar-refractivity contribution >= 4 is 17.2 Å². The number of alkyl halides is 3. The van der Waals surface area contributed by atoms with Gasteiger partial charge in [0.25, 0.3) is 0 Å². The molecule has 43 heavy (non-hydrogen) atoms. The van der Waals surface area contributed by atoms with Gasteiger partial charge < -0.3 is 4.74 Å². The van der Waals surface area contributed by atoms with Crippen molar-refractivity contribution in [1.29, 1.82) is 0 Å². The van der Waals surface area contributed by atoms with E-state index in [0.717, 1.165) is 46.5 Å². The first-order chi connectivity index (χ1) is 20.5. The Kier molecular flexibility index (Phi) is 7.29. The van der Waals surface area contributed by atoms with E-state index in [1.165, 1.54) is 46.6 Å². The highest BCUT2D eigenvalue weighted by Crippen LogP contribution is 2.51. The summed E-state index contributed by atoms with van der Waals surface area (Å²) in [4.78, 5) is 22.9. The summed E-state index contributed by atoms with van der Waals surface area (Å²) in [5.41, 5.74) is 6.52. The molecule has 0 aliphatic heterocycles. The first-order valence-corrected chi connectivity index (χ1v) is 14.6. The monoisotopic (exact) mass is 603 g/mol. The number of carbonyl (C=O) groups excluding carboxylic acids is 1. The lowest BCUT2D eigenvalue weighted by Gasteiger charge is -2.14. The minimum atomic E-state index is -4.75. The SMILES string of the molecule is Cc1cccc(C)c1-n1c(C)csc1=NC(=O)CC1(c2ccc(-c3ncn(-c4ccc(OC(F)(F)F)cc4)n3)cc2)CC1. The summed E-state index contributed by atoms with van der Waals surface area (Å²) in [5, 5.41) is 6.50. The van der Waals surface area contributed by atoms with Gasteiger partial charge in [0.15, 0.2) is 10.6 Å². The Labute approximate surface area is 250 Å². The molecular weight excluding hydrogens is 575 g/mol. The number of thiazole rings is 1. The lowest BCUT2D eigenvalue weighted by molar-refractivity contribution is -0.274. The minimum absolute atomic E-state index is 0.143. The average molecular weight is 604 g/mol. The Morgan fingerprint density at radius 3 is 2.30 bits per heavy atom. The normalized spacial score (nSPS) is 14.6. The molecule has 1 aliphatic carbocycles. The van der Waals surface area contributed by atoms with Crippen LogP contribution in [-0.4, -0.2) is 31.6 Å². The predicted octanol–water partition coefficient (Wildman–Crippen LogP) is 7.16. The molecule has 1 amide bonds. The molecule has 7 nitrogen and oxygen atoms in total. The Morgan fingerprint density at radius 2 is 1.67 bits per heavy atom. The van der Waals surface area contributed by atoms with Crippen molar-refractivity contribution in [3.8, 4) is 28.5 Å². The standard InChI is InChI=1S/C32H28F3N5O2S/c1-20-5-4-6-21(2)28(20)40-22(3)18-43-30(40)37-27(41)17-31(15-16-31)24-9-7-23(8-10-24)29-36-19-39(38-29)25-11-13-26(14-12-25)42-32(33,34)35/h4-14,18-19H,15-17H2,1-3H3. The summed E-state index contributed by atoms with van der Waals surface area (Å²) in [6, 6.07) is 19.4. The van der Waals surface area contributed by atoms with Crippen molar-refractivity contribution in [2.45, 2.75) is 51.8 Å². The van der Waals surface area contributed by atoms with Gasteiger partial charge in [0.1, 0.15) is 12.1 Å². The molecule has 11 heteroatoms. The maximum atomic E-state index is 13.3. The highest BCUT2D eigenvalue weighted by Gasteiger charge is 2.45. The molecule has 5 aromatic rings. The lowest BCUT2D eigenvalue weighted by Crippen LogP contribution is -2.20. The van der Waals surface area contributed by atoms with Gasteiger partial charge in [-0.2, -0.15) is 4.99 Å². The number of benzene rings is 3. The quantitative estimate of drug-likeness (QED) is 0.198. The fraction of sp³-hybridized carbons (Fsp3) is 0.250. The maximum Gasteiger partial charge on any atom is 0.573 e. The third kappa shape index (κ3) is 6.03. The molecule has 0 saturated heterocycles. The fourth-order valence-electron chi connectivity index (χ4n) is 5.35. The summed E-state index contributed by atoms with van der Waals surface area (Å²) >= 11 is 1.47. The van der Waals surface area contributed by atoms with E-state index in [2.05, 4.69) is 50.4 Å². The number of hydrogen-bond acceptors (Lipinski definition) is 5. The summed E-state index contributed by atoms with van der Waals surface area (Å²) in [5.74, 6) is 0.0243. The van der Waals surface area contributed by atoms with Gasteiger partial charge in [-0.25, -0.2) is 9.67 Å². The van der Waals surface area contributed by atoms with Crippen LogP contribution in [0.1, 0.15) is 41.6 Å². The molecule has 0 unspecified atom stereocenters. The second-order valence-electron chi connectivity index (χ2n) is 10.8. The molecule has 0 atom stereocenters. The molecule has 3 aromatic carbocycles. The Balaban J connectivity index is 1.17. The number of ether oxygens (including phenoxy) is 1. The van der Waals surface area contributed by atoms with Crippen molar-refractivity contribution in [3.63, 3.8) is 0 Å². The van der Waals surface area contributed by atoms with Crippen molar-refractivity contribution in [2.75, 3.05) is 0 Å². The smallest absolute Gasteiger partial charge is 0.406 e. The Hall–Kier alpha value is -4.51. The molecule has 0 radical (unpaired) electrons. The molecular formula is C32H28F3N5O2S. The predicted molar refractivity (Wildman–Crippen MR) is 157 cm³/mol. The third-order valence-electron chi connectivity index (χ3n) is 7.69. The first-order valence-electron chi connectivity index (χ1n) is 13.7. The van der Waals surface area contributed by atoms with E-state index < -0.39 is 6.36 Å². The summed E-state index contributed by atoms with van der Waals surface area (Å²) in [6.45, 7) is 6.15. The molecule has 2 aromatic heterocycles. The van der Waals surface area contributed by atoms with Crippen molar-refractivity contribution in [2.24, 2.45) is 4.99 Å². The second kappa shape index (κ2) is 11.0. The van der Waals surface area contributed by atoms with E-state index in [0.29, 0.717) is 22.7 Å². The fourth-order valence-corrected chi connectivity index (χ4v) is 6.22. The van der Waals surface area contributed by atoms with Crippen LogP contribution in [0.5, 0.6) is 5.75 Å². The number of amides is 1. The van der Waals surface area contributed by atoms with E-state index in [4.69, 9.17) is 0 Å². The molecule has 0 N–H and O–H groups in total. The average Bonchev–Trinajstić information content (AvgIpc) is 3.40. The number of rotatable bonds is 7. The molecule has 0 bridgehead atoms. The minimum Gasteiger partial charge on any atom is -0.406 e. The number of aryl methyl sites for hydroxylation is 3. The maximum absolute atomic E-state index is 13.3. The number of hydrogen-bond donors (Lipinski definition) is 0. The van der Waals surface area contributed by atoms with Gasteiger partial charge in [-0.1, -0.05) is 42.5 Å². The van der Waals surface area contributed by atoms with Gasteiger partial charge in [0.2, 0.25) is 5.91 Å². The van der Waals surface area contributed by atoms with Crippen molar-refractivity contribution < 1.29 is 22.7 Å². The molecule has 1 saturated carbocycles. The van der Waals surface area contributed by atoms with Crippen LogP contribution >= 0.6 is 11.3 Å². The zero-order valence-electron chi connectivity index (χ0n) is 23.7. The van der Waals surface area contributed by atoms with Crippen molar-refractivity contribution in [1.82, 2.24) is 19.3 Å². The van der Waals surface area contributed by atoms with Gasteiger partial charge in [0, 0.05) is 28.5 Å². The van der Waals surface area contributed by atoms with Gasteiger partial charge in [-0.3, -0.25) is 9.36 Å². The van der Waals surface area contributed by atoms with E-state index in [1.807, 2.05) is 42.6 Å². The third-order valence-corrected chi connectivity index (χ3v) is 8.63. The van der Waals surface area contributed by atoms with Crippen LogP contribution in [0.25, 0.3) is 22.8 Å². The first kappa shape index (κ1) is 28.6. The number of carbonyl (C=O) groups is 1. The molecule has 220 valence electrons. The van der Waals surface area contributed by atoms with Crippen LogP contribution in [-0.2, 0) is 10.2 Å². The lowest BCUT2D eigenvalue weighted by atomic mass is 9.91. The van der Waals surface area contributed by atoms with Crippen LogP contribution in [0.2, 0.25) is 0 Å². The van der Waals surface area contributed by atoms with E-state index >= 15 is 0 Å². The van der Waals surface area contributed by atoms with E-state index in [1.54, 1.807) is 0 Å². The molecule has 2 heterocycles. The molecule has 1 aliphatic rings. The van der Waals surface area contributed by atoms with Gasteiger partial charge >= 0.3 is 6.36 Å². The summed E-state index contributed by atoms with van der Waals surface area (Å²) in [7, 11) is 0. The van der Waals surface area contributed by atoms with Crippen molar-refractivity contribution in [3.05, 3.63) is 106 Å². The molecule has 6 rings (SSSR count). The van der Waals surface area contributed by atoms with Crippen LogP contribution < -0.4 is 9.54 Å². The highest BCUT2D eigenvalue weighted by molar-refractivity contribution is 7.07. The number of aromatic nitrogens is 4. The van der Waals surface area contributed by atoms with Crippen LogP contribution in [0.15, 0.2) is 83.4 Å². The zero-order chi connectivity index (χ0) is 30.4. The number of halogens is 3. The molecule has 1 fully saturated rings.